The fourth-order valence-corrected chi connectivity index (χ4v) is 5.66. The summed E-state index contributed by atoms with van der Waals surface area (Å²) < 4.78 is 0. The molecule has 0 radical (unpaired) electrons. The predicted molar refractivity (Wildman–Crippen MR) is 151 cm³/mol. The number of benzene rings is 3. The Morgan fingerprint density at radius 1 is 0.868 bits per heavy atom. The molecule has 0 aliphatic carbocycles. The number of amides is 2. The molecule has 2 fully saturated rings. The number of nitrogens with one attached hydrogen (secondary N) is 1. The molecule has 6 nitrogen and oxygen atoms in total. The molecule has 2 saturated heterocycles. The number of likely N-dealkylation sites (tertiary alicyclic amines) is 1. The molecule has 0 saturated carbocycles. The molecule has 2 heterocycles. The molecule has 2 unspecified atom stereocenters. The number of rotatable bonds is 9. The highest BCUT2D eigenvalue weighted by Gasteiger charge is 2.30. The molecular formula is C31H35ClN4O2. The van der Waals surface area contributed by atoms with Gasteiger partial charge in [-0.2, -0.15) is 0 Å². The van der Waals surface area contributed by atoms with Crippen molar-refractivity contribution in [3.05, 3.63) is 107 Å². The van der Waals surface area contributed by atoms with Crippen LogP contribution in [0.3, 0.4) is 0 Å². The standard InChI is InChI=1S/C31H35ClN4O2/c32-28-13-11-27(12-14-28)31(26-9-5-2-6-10-26)35-17-15-34(16-18-35)23-29(37)33-20-25-19-30(38)36(22-25)21-24-7-3-1-4-8-24/h1-14,25,31H,15-23H2,(H,33,37). The number of carbonyl (C=O) groups is 2. The third-order valence-electron chi connectivity index (χ3n) is 7.54. The highest BCUT2D eigenvalue weighted by molar-refractivity contribution is 6.30. The van der Waals surface area contributed by atoms with Crippen molar-refractivity contribution in [2.75, 3.05) is 45.8 Å². The molecule has 5 rings (SSSR count). The van der Waals surface area contributed by atoms with E-state index in [1.54, 1.807) is 0 Å². The van der Waals surface area contributed by atoms with Gasteiger partial charge in [-0.15, -0.1) is 0 Å². The molecule has 0 aromatic heterocycles. The molecule has 198 valence electrons. The van der Waals surface area contributed by atoms with Crippen LogP contribution in [0.1, 0.15) is 29.2 Å². The molecule has 3 aromatic carbocycles. The molecule has 0 bridgehead atoms. The average molecular weight is 531 g/mol. The summed E-state index contributed by atoms with van der Waals surface area (Å²) in [6, 6.07) is 28.9. The van der Waals surface area contributed by atoms with E-state index in [4.69, 9.17) is 11.6 Å². The number of nitrogens with zero attached hydrogens (tertiary/aromatic N) is 3. The second-order valence-corrected chi connectivity index (χ2v) is 10.7. The summed E-state index contributed by atoms with van der Waals surface area (Å²) in [5.74, 6) is 0.362. The molecular weight excluding hydrogens is 496 g/mol. The van der Waals surface area contributed by atoms with Crippen molar-refractivity contribution in [2.45, 2.75) is 19.0 Å². The SMILES string of the molecule is O=C(CN1CCN(C(c2ccccc2)c2ccc(Cl)cc2)CC1)NCC1CC(=O)N(Cc2ccccc2)C1. The topological polar surface area (TPSA) is 55.9 Å². The third kappa shape index (κ3) is 6.81. The second kappa shape index (κ2) is 12.6. The Morgan fingerprint density at radius 3 is 2.18 bits per heavy atom. The largest absolute Gasteiger partial charge is 0.355 e. The lowest BCUT2D eigenvalue weighted by Crippen LogP contribution is -2.50. The van der Waals surface area contributed by atoms with Gasteiger partial charge in [0, 0.05) is 63.2 Å². The number of hydrogen-bond acceptors (Lipinski definition) is 4. The highest BCUT2D eigenvalue weighted by Crippen LogP contribution is 2.30. The Labute approximate surface area is 230 Å². The van der Waals surface area contributed by atoms with Crippen molar-refractivity contribution < 1.29 is 9.59 Å². The van der Waals surface area contributed by atoms with Gasteiger partial charge in [-0.25, -0.2) is 0 Å². The summed E-state index contributed by atoms with van der Waals surface area (Å²) in [7, 11) is 0. The summed E-state index contributed by atoms with van der Waals surface area (Å²) in [6.45, 7) is 5.67. The van der Waals surface area contributed by atoms with Crippen molar-refractivity contribution in [2.24, 2.45) is 5.92 Å². The minimum Gasteiger partial charge on any atom is -0.355 e. The van der Waals surface area contributed by atoms with Crippen molar-refractivity contribution in [1.82, 2.24) is 20.0 Å². The fraction of sp³-hybridized carbons (Fsp3) is 0.355. The normalized spacial score (nSPS) is 19.4. The number of halogens is 1. The molecule has 2 amide bonds. The van der Waals surface area contributed by atoms with Crippen LogP contribution in [-0.4, -0.2) is 72.3 Å². The summed E-state index contributed by atoms with van der Waals surface area (Å²) in [4.78, 5) is 31.8. The van der Waals surface area contributed by atoms with Crippen LogP contribution in [0.15, 0.2) is 84.9 Å². The van der Waals surface area contributed by atoms with Crippen LogP contribution in [-0.2, 0) is 16.1 Å². The third-order valence-corrected chi connectivity index (χ3v) is 7.79. The lowest BCUT2D eigenvalue weighted by atomic mass is 9.96. The molecule has 38 heavy (non-hydrogen) atoms. The Balaban J connectivity index is 1.09. The lowest BCUT2D eigenvalue weighted by molar-refractivity contribution is -0.128. The highest BCUT2D eigenvalue weighted by atomic mass is 35.5. The first-order chi connectivity index (χ1) is 18.5. The van der Waals surface area contributed by atoms with E-state index in [-0.39, 0.29) is 23.8 Å². The molecule has 3 aromatic rings. The van der Waals surface area contributed by atoms with Gasteiger partial charge in [0.25, 0.3) is 0 Å². The monoisotopic (exact) mass is 530 g/mol. The molecule has 0 spiro atoms. The van der Waals surface area contributed by atoms with Crippen LogP contribution in [0.5, 0.6) is 0 Å². The molecule has 2 aliphatic rings. The maximum absolute atomic E-state index is 12.7. The quantitative estimate of drug-likeness (QED) is 0.450. The molecule has 7 heteroatoms. The maximum atomic E-state index is 12.7. The van der Waals surface area contributed by atoms with E-state index >= 15 is 0 Å². The zero-order valence-corrected chi connectivity index (χ0v) is 22.4. The zero-order valence-electron chi connectivity index (χ0n) is 21.6. The first-order valence-corrected chi connectivity index (χ1v) is 13.8. The van der Waals surface area contributed by atoms with E-state index in [9.17, 15) is 9.59 Å². The fourth-order valence-electron chi connectivity index (χ4n) is 5.54. The first-order valence-electron chi connectivity index (χ1n) is 13.4. The van der Waals surface area contributed by atoms with Gasteiger partial charge in [-0.05, 0) is 28.8 Å². The Morgan fingerprint density at radius 2 is 1.50 bits per heavy atom. The van der Waals surface area contributed by atoms with E-state index < -0.39 is 0 Å². The van der Waals surface area contributed by atoms with Crippen molar-refractivity contribution >= 4 is 23.4 Å². The molecule has 2 aliphatic heterocycles. The van der Waals surface area contributed by atoms with E-state index in [0.29, 0.717) is 32.6 Å². The van der Waals surface area contributed by atoms with Crippen molar-refractivity contribution in [3.8, 4) is 0 Å². The van der Waals surface area contributed by atoms with Crippen molar-refractivity contribution in [3.63, 3.8) is 0 Å². The molecule has 1 N–H and O–H groups in total. The maximum Gasteiger partial charge on any atom is 0.234 e. The van der Waals surface area contributed by atoms with Crippen LogP contribution in [0, 0.1) is 5.92 Å². The Kier molecular flexibility index (Phi) is 8.74. The van der Waals surface area contributed by atoms with Crippen LogP contribution in [0.4, 0.5) is 0 Å². The Bertz CT molecular complexity index is 1200. The second-order valence-electron chi connectivity index (χ2n) is 10.3. The van der Waals surface area contributed by atoms with Gasteiger partial charge >= 0.3 is 0 Å². The van der Waals surface area contributed by atoms with E-state index in [0.717, 1.165) is 36.8 Å². The zero-order chi connectivity index (χ0) is 26.3. The summed E-state index contributed by atoms with van der Waals surface area (Å²) >= 11 is 6.15. The minimum absolute atomic E-state index is 0.0321. The van der Waals surface area contributed by atoms with E-state index in [1.807, 2.05) is 53.4 Å². The van der Waals surface area contributed by atoms with Crippen LogP contribution < -0.4 is 5.32 Å². The lowest BCUT2D eigenvalue weighted by Gasteiger charge is -2.39. The van der Waals surface area contributed by atoms with Crippen LogP contribution >= 0.6 is 11.6 Å². The summed E-state index contributed by atoms with van der Waals surface area (Å²) in [5, 5.41) is 3.82. The number of piperazine rings is 1. The van der Waals surface area contributed by atoms with Gasteiger partial charge in [0.05, 0.1) is 12.6 Å². The number of carbonyl (C=O) groups excluding carboxylic acids is 2. The molecule has 2 atom stereocenters. The average Bonchev–Trinajstić information content (AvgIpc) is 3.29. The first kappa shape index (κ1) is 26.4. The van der Waals surface area contributed by atoms with Gasteiger partial charge < -0.3 is 10.2 Å². The van der Waals surface area contributed by atoms with Crippen molar-refractivity contribution in [1.29, 1.82) is 0 Å². The summed E-state index contributed by atoms with van der Waals surface area (Å²) in [6.07, 6.45) is 0.497. The van der Waals surface area contributed by atoms with Crippen LogP contribution in [0.2, 0.25) is 5.02 Å². The number of hydrogen-bond donors (Lipinski definition) is 1. The van der Waals surface area contributed by atoms with E-state index in [1.165, 1.54) is 11.1 Å². The smallest absolute Gasteiger partial charge is 0.234 e. The van der Waals surface area contributed by atoms with Gasteiger partial charge in [0.1, 0.15) is 0 Å². The Hall–Kier alpha value is -3.19. The summed E-state index contributed by atoms with van der Waals surface area (Å²) in [5.41, 5.74) is 3.61. The minimum atomic E-state index is 0.0321. The van der Waals surface area contributed by atoms with Gasteiger partial charge in [-0.1, -0.05) is 84.4 Å². The van der Waals surface area contributed by atoms with Gasteiger partial charge in [0.15, 0.2) is 0 Å². The van der Waals surface area contributed by atoms with Gasteiger partial charge in [-0.3, -0.25) is 19.4 Å². The van der Waals surface area contributed by atoms with E-state index in [2.05, 4.69) is 51.5 Å². The van der Waals surface area contributed by atoms with Crippen LogP contribution in [0.25, 0.3) is 0 Å². The van der Waals surface area contributed by atoms with Gasteiger partial charge in [0.2, 0.25) is 11.8 Å². The predicted octanol–water partition coefficient (Wildman–Crippen LogP) is 4.21.